The van der Waals surface area contributed by atoms with Crippen LogP contribution in [0.2, 0.25) is 0 Å². The van der Waals surface area contributed by atoms with Crippen LogP contribution in [0.25, 0.3) is 10.9 Å². The predicted molar refractivity (Wildman–Crippen MR) is 103 cm³/mol. The largest absolute Gasteiger partial charge is 0.353 e. The molecule has 0 spiro atoms. The van der Waals surface area contributed by atoms with Crippen molar-refractivity contribution in [3.63, 3.8) is 0 Å². The van der Waals surface area contributed by atoms with Crippen molar-refractivity contribution in [3.8, 4) is 0 Å². The molecule has 1 atom stereocenters. The van der Waals surface area contributed by atoms with Crippen LogP contribution in [0.3, 0.4) is 0 Å². The topological polar surface area (TPSA) is 32.3 Å². The Morgan fingerprint density at radius 1 is 0.920 bits per heavy atom. The van der Waals surface area contributed by atoms with E-state index < -0.39 is 0 Å². The third-order valence-electron chi connectivity index (χ3n) is 4.84. The quantitative estimate of drug-likeness (QED) is 0.734. The second-order valence-electron chi connectivity index (χ2n) is 6.98. The molecule has 1 unspecified atom stereocenters. The zero-order valence-corrected chi connectivity index (χ0v) is 14.7. The van der Waals surface area contributed by atoms with Gasteiger partial charge in [-0.15, -0.1) is 0 Å². The van der Waals surface area contributed by atoms with E-state index in [1.165, 1.54) is 5.56 Å². The average Bonchev–Trinajstić information content (AvgIpc) is 2.83. The fourth-order valence-electron chi connectivity index (χ4n) is 3.72. The highest BCUT2D eigenvalue weighted by molar-refractivity contribution is 5.88. The summed E-state index contributed by atoms with van der Waals surface area (Å²) < 4.78 is 0. The summed E-state index contributed by atoms with van der Waals surface area (Å²) >= 11 is 0. The summed E-state index contributed by atoms with van der Waals surface area (Å²) in [4.78, 5) is 14.2. The highest BCUT2D eigenvalue weighted by atomic mass is 15.3. The Morgan fingerprint density at radius 2 is 1.80 bits per heavy atom. The molecule has 0 N–H and O–H groups in total. The monoisotopic (exact) mass is 332 g/mol. The molecule has 0 bridgehead atoms. The van der Waals surface area contributed by atoms with Crippen LogP contribution < -0.4 is 4.90 Å². The van der Waals surface area contributed by atoms with Gasteiger partial charge in [0, 0.05) is 50.5 Å². The Kier molecular flexibility index (Phi) is 4.61. The third-order valence-corrected chi connectivity index (χ3v) is 4.84. The lowest BCUT2D eigenvalue weighted by molar-refractivity contribution is 0.257. The molecule has 1 aliphatic rings. The smallest absolute Gasteiger partial charge is 0.155 e. The maximum atomic E-state index is 4.66. The normalized spacial score (nSPS) is 19.1. The minimum Gasteiger partial charge on any atom is -0.353 e. The van der Waals surface area contributed by atoms with Crippen LogP contribution in [0.4, 0.5) is 5.82 Å². The van der Waals surface area contributed by atoms with E-state index >= 15 is 0 Å². The number of pyridine rings is 2. The molecule has 2 aromatic heterocycles. The van der Waals surface area contributed by atoms with Gasteiger partial charge < -0.3 is 4.90 Å². The van der Waals surface area contributed by atoms with Crippen molar-refractivity contribution in [1.29, 1.82) is 0 Å². The van der Waals surface area contributed by atoms with Crippen LogP contribution in [0, 0.1) is 5.92 Å². The molecular weight excluding hydrogens is 308 g/mol. The van der Waals surface area contributed by atoms with Crippen LogP contribution in [0.1, 0.15) is 12.5 Å². The van der Waals surface area contributed by atoms with E-state index in [9.17, 15) is 0 Å². The van der Waals surface area contributed by atoms with E-state index in [1.807, 2.05) is 24.5 Å². The molecule has 128 valence electrons. The van der Waals surface area contributed by atoms with Crippen LogP contribution in [0.5, 0.6) is 0 Å². The number of nitrogens with zero attached hydrogens (tertiary/aromatic N) is 4. The van der Waals surface area contributed by atoms with Crippen LogP contribution in [-0.2, 0) is 6.54 Å². The lowest BCUT2D eigenvalue weighted by atomic mass is 10.1. The Hall–Kier alpha value is -2.46. The summed E-state index contributed by atoms with van der Waals surface area (Å²) in [5.74, 6) is 1.61. The number of hydrogen-bond acceptors (Lipinski definition) is 4. The van der Waals surface area contributed by atoms with Crippen LogP contribution in [0.15, 0.2) is 60.9 Å². The van der Waals surface area contributed by atoms with Crippen molar-refractivity contribution in [1.82, 2.24) is 14.9 Å². The maximum Gasteiger partial charge on any atom is 0.155 e. The van der Waals surface area contributed by atoms with Gasteiger partial charge in [-0.25, -0.2) is 4.98 Å². The van der Waals surface area contributed by atoms with Gasteiger partial charge in [0.2, 0.25) is 0 Å². The molecule has 1 aromatic carbocycles. The first kappa shape index (κ1) is 16.0. The summed E-state index contributed by atoms with van der Waals surface area (Å²) in [7, 11) is 0. The van der Waals surface area contributed by atoms with Gasteiger partial charge in [-0.1, -0.05) is 43.3 Å². The molecule has 25 heavy (non-hydrogen) atoms. The van der Waals surface area contributed by atoms with Gasteiger partial charge in [0.05, 0.1) is 0 Å². The van der Waals surface area contributed by atoms with Gasteiger partial charge >= 0.3 is 0 Å². The molecule has 0 radical (unpaired) electrons. The molecular formula is C21H24N4. The summed E-state index contributed by atoms with van der Waals surface area (Å²) in [6.07, 6.45) is 3.76. The first-order valence-electron chi connectivity index (χ1n) is 9.00. The number of anilines is 1. The molecule has 0 amide bonds. The molecule has 4 rings (SSSR count). The molecule has 1 aliphatic heterocycles. The first-order chi connectivity index (χ1) is 12.3. The van der Waals surface area contributed by atoms with Crippen molar-refractivity contribution in [2.24, 2.45) is 5.92 Å². The zero-order valence-electron chi connectivity index (χ0n) is 14.7. The molecule has 0 saturated carbocycles. The van der Waals surface area contributed by atoms with Crippen molar-refractivity contribution in [2.45, 2.75) is 13.5 Å². The van der Waals surface area contributed by atoms with Gasteiger partial charge in [-0.3, -0.25) is 9.88 Å². The first-order valence-corrected chi connectivity index (χ1v) is 9.00. The van der Waals surface area contributed by atoms with Crippen LogP contribution in [-0.4, -0.2) is 41.0 Å². The van der Waals surface area contributed by atoms with Gasteiger partial charge in [0.1, 0.15) is 5.52 Å². The molecule has 1 saturated heterocycles. The van der Waals surface area contributed by atoms with E-state index in [4.69, 9.17) is 0 Å². The molecule has 3 aromatic rings. The minimum absolute atomic E-state index is 0.590. The SMILES string of the molecule is CC1CN(Cc2ccccc2)CCN(c2nccc3cccnc23)C1. The van der Waals surface area contributed by atoms with Gasteiger partial charge in [-0.05, 0) is 23.6 Å². The zero-order chi connectivity index (χ0) is 17.1. The van der Waals surface area contributed by atoms with E-state index in [1.54, 1.807) is 0 Å². The van der Waals surface area contributed by atoms with Gasteiger partial charge in [0.25, 0.3) is 0 Å². The van der Waals surface area contributed by atoms with Gasteiger partial charge in [0.15, 0.2) is 5.82 Å². The fraction of sp³-hybridized carbons (Fsp3) is 0.333. The minimum atomic E-state index is 0.590. The Labute approximate surface area is 149 Å². The summed E-state index contributed by atoms with van der Waals surface area (Å²) in [5, 5.41) is 1.16. The average molecular weight is 332 g/mol. The molecule has 4 heteroatoms. The third kappa shape index (κ3) is 3.64. The Bertz CT molecular complexity index is 828. The fourth-order valence-corrected chi connectivity index (χ4v) is 3.72. The highest BCUT2D eigenvalue weighted by Gasteiger charge is 2.22. The second kappa shape index (κ2) is 7.19. The van der Waals surface area contributed by atoms with Crippen LogP contribution >= 0.6 is 0 Å². The van der Waals surface area contributed by atoms with Gasteiger partial charge in [-0.2, -0.15) is 0 Å². The maximum absolute atomic E-state index is 4.66. The lowest BCUT2D eigenvalue weighted by Gasteiger charge is -2.24. The summed E-state index contributed by atoms with van der Waals surface area (Å²) in [6, 6.07) is 16.9. The number of aromatic nitrogens is 2. The van der Waals surface area contributed by atoms with E-state index in [2.05, 4.69) is 63.1 Å². The van der Waals surface area contributed by atoms with Crippen molar-refractivity contribution in [2.75, 3.05) is 31.1 Å². The van der Waals surface area contributed by atoms with E-state index in [0.717, 1.165) is 49.4 Å². The number of benzene rings is 1. The summed E-state index contributed by atoms with van der Waals surface area (Å²) in [6.45, 7) is 7.51. The van der Waals surface area contributed by atoms with E-state index in [0.29, 0.717) is 5.92 Å². The molecule has 4 nitrogen and oxygen atoms in total. The number of rotatable bonds is 3. The Morgan fingerprint density at radius 3 is 2.68 bits per heavy atom. The highest BCUT2D eigenvalue weighted by Crippen LogP contribution is 2.24. The summed E-state index contributed by atoms with van der Waals surface area (Å²) in [5.41, 5.74) is 2.39. The standard InChI is InChI=1S/C21H24N4/c1-17-14-24(16-18-6-3-2-4-7-18)12-13-25(15-17)21-20-19(9-11-23-21)8-5-10-22-20/h2-11,17H,12-16H2,1H3. The van der Waals surface area contributed by atoms with Crippen molar-refractivity contribution in [3.05, 3.63) is 66.5 Å². The molecule has 0 aliphatic carbocycles. The number of hydrogen-bond donors (Lipinski definition) is 0. The van der Waals surface area contributed by atoms with Crippen molar-refractivity contribution < 1.29 is 0 Å². The van der Waals surface area contributed by atoms with Crippen molar-refractivity contribution >= 4 is 16.7 Å². The molecule has 3 heterocycles. The Balaban J connectivity index is 1.54. The molecule has 1 fully saturated rings. The predicted octanol–water partition coefficient (Wildman–Crippen LogP) is 3.59. The lowest BCUT2D eigenvalue weighted by Crippen LogP contribution is -2.31. The van der Waals surface area contributed by atoms with E-state index in [-0.39, 0.29) is 0 Å². The number of fused-ring (bicyclic) bond motifs is 1. The second-order valence-corrected chi connectivity index (χ2v) is 6.98.